The average molecular weight is 321 g/mol. The number of carbonyl (C=O) groups excluding carboxylic acids is 1. The Kier molecular flexibility index (Phi) is 5.65. The van der Waals surface area contributed by atoms with E-state index in [0.29, 0.717) is 17.0 Å². The number of nitrogens with two attached hydrogens (primary N) is 1. The Morgan fingerprint density at radius 2 is 1.96 bits per heavy atom. The Labute approximate surface area is 133 Å². The lowest BCUT2D eigenvalue weighted by Gasteiger charge is -2.12. The molecule has 0 aromatic heterocycles. The van der Waals surface area contributed by atoms with Crippen molar-refractivity contribution in [2.75, 3.05) is 19.0 Å². The average Bonchev–Trinajstić information content (AvgIpc) is 2.55. The van der Waals surface area contributed by atoms with Gasteiger partial charge in [-0.3, -0.25) is 4.79 Å². The van der Waals surface area contributed by atoms with Gasteiger partial charge in [-0.25, -0.2) is 8.78 Å². The monoisotopic (exact) mass is 321 g/mol. The summed E-state index contributed by atoms with van der Waals surface area (Å²) in [7, 11) is 1.53. The van der Waals surface area contributed by atoms with E-state index in [-0.39, 0.29) is 18.5 Å². The van der Waals surface area contributed by atoms with E-state index >= 15 is 0 Å². The second kappa shape index (κ2) is 7.69. The quantitative estimate of drug-likeness (QED) is 0.857. The van der Waals surface area contributed by atoms with Crippen molar-refractivity contribution in [3.05, 3.63) is 59.7 Å². The van der Waals surface area contributed by atoms with E-state index in [2.05, 4.69) is 5.32 Å². The van der Waals surface area contributed by atoms with Crippen molar-refractivity contribution in [1.29, 1.82) is 0 Å². The van der Waals surface area contributed by atoms with E-state index in [1.807, 2.05) is 13.0 Å². The second-order valence-corrected chi connectivity index (χ2v) is 5.15. The first kappa shape index (κ1) is 16.9. The van der Waals surface area contributed by atoms with Crippen LogP contribution < -0.4 is 15.4 Å². The minimum Gasteiger partial charge on any atom is -0.495 e. The SMILES string of the molecule is COc1ccccc1NC(=O)C[NH2+][C@@H](C)c1ccc(F)c(F)c1. The molecule has 3 N–H and O–H groups in total. The molecule has 2 rings (SSSR count). The summed E-state index contributed by atoms with van der Waals surface area (Å²) in [6.45, 7) is 1.97. The van der Waals surface area contributed by atoms with Crippen molar-refractivity contribution in [1.82, 2.24) is 0 Å². The van der Waals surface area contributed by atoms with Crippen LogP contribution in [0.4, 0.5) is 14.5 Å². The van der Waals surface area contributed by atoms with Gasteiger partial charge in [-0.15, -0.1) is 0 Å². The molecule has 0 fully saturated rings. The molecule has 6 heteroatoms. The third-order valence-corrected chi connectivity index (χ3v) is 3.51. The predicted molar refractivity (Wildman–Crippen MR) is 83.2 cm³/mol. The third-order valence-electron chi connectivity index (χ3n) is 3.51. The number of methoxy groups -OCH3 is 1. The number of amides is 1. The van der Waals surface area contributed by atoms with Crippen molar-refractivity contribution in [2.24, 2.45) is 0 Å². The molecule has 0 saturated carbocycles. The summed E-state index contributed by atoms with van der Waals surface area (Å²) in [5.41, 5.74) is 1.21. The third kappa shape index (κ3) is 4.50. The molecule has 2 aromatic rings. The van der Waals surface area contributed by atoms with E-state index in [1.54, 1.807) is 23.5 Å². The lowest BCUT2D eigenvalue weighted by Crippen LogP contribution is -2.86. The highest BCUT2D eigenvalue weighted by Crippen LogP contribution is 2.22. The summed E-state index contributed by atoms with van der Waals surface area (Å²) in [6, 6.07) is 10.7. The Bertz CT molecular complexity index is 692. The largest absolute Gasteiger partial charge is 0.495 e. The number of anilines is 1. The molecule has 0 heterocycles. The maximum Gasteiger partial charge on any atom is 0.279 e. The van der Waals surface area contributed by atoms with Crippen LogP contribution in [-0.4, -0.2) is 19.6 Å². The van der Waals surface area contributed by atoms with Crippen LogP contribution >= 0.6 is 0 Å². The molecule has 0 saturated heterocycles. The number of hydrogen-bond donors (Lipinski definition) is 2. The van der Waals surface area contributed by atoms with E-state index < -0.39 is 11.6 Å². The van der Waals surface area contributed by atoms with E-state index in [1.165, 1.54) is 13.2 Å². The number of quaternary nitrogens is 1. The molecule has 1 amide bonds. The van der Waals surface area contributed by atoms with Crippen LogP contribution in [0.1, 0.15) is 18.5 Å². The smallest absolute Gasteiger partial charge is 0.279 e. The van der Waals surface area contributed by atoms with Gasteiger partial charge in [-0.05, 0) is 37.3 Å². The zero-order valence-electron chi connectivity index (χ0n) is 13.0. The molecule has 0 aliphatic heterocycles. The number of ether oxygens (including phenoxy) is 1. The standard InChI is InChI=1S/C17H18F2N2O2/c1-11(12-7-8-13(18)14(19)9-12)20-10-17(22)21-15-5-3-4-6-16(15)23-2/h3-9,11,20H,10H2,1-2H3,(H,21,22)/p+1/t11-/m0/s1. The minimum atomic E-state index is -0.888. The van der Waals surface area contributed by atoms with Crippen LogP contribution in [0.15, 0.2) is 42.5 Å². The van der Waals surface area contributed by atoms with Gasteiger partial charge in [0.2, 0.25) is 0 Å². The molecule has 2 aromatic carbocycles. The molecule has 122 valence electrons. The topological polar surface area (TPSA) is 54.9 Å². The molecule has 4 nitrogen and oxygen atoms in total. The Morgan fingerprint density at radius 1 is 1.22 bits per heavy atom. The van der Waals surface area contributed by atoms with Crippen molar-refractivity contribution in [3.63, 3.8) is 0 Å². The fourth-order valence-electron chi connectivity index (χ4n) is 2.16. The maximum absolute atomic E-state index is 13.2. The summed E-state index contributed by atoms with van der Waals surface area (Å²) in [4.78, 5) is 12.0. The molecule has 1 atom stereocenters. The van der Waals surface area contributed by atoms with E-state index in [4.69, 9.17) is 4.74 Å². The summed E-state index contributed by atoms with van der Waals surface area (Å²) in [5.74, 6) is -1.39. The van der Waals surface area contributed by atoms with Gasteiger partial charge >= 0.3 is 0 Å². The van der Waals surface area contributed by atoms with Crippen LogP contribution in [0.2, 0.25) is 0 Å². The highest BCUT2D eigenvalue weighted by Gasteiger charge is 2.14. The van der Waals surface area contributed by atoms with E-state index in [0.717, 1.165) is 12.1 Å². The van der Waals surface area contributed by atoms with Crippen LogP contribution in [0, 0.1) is 11.6 Å². The van der Waals surface area contributed by atoms with Gasteiger partial charge in [0.1, 0.15) is 11.8 Å². The Hall–Kier alpha value is -2.47. The Morgan fingerprint density at radius 3 is 2.65 bits per heavy atom. The first-order chi connectivity index (χ1) is 11.0. The van der Waals surface area contributed by atoms with Crippen LogP contribution in [-0.2, 0) is 4.79 Å². The highest BCUT2D eigenvalue weighted by molar-refractivity contribution is 5.92. The fraction of sp³-hybridized carbons (Fsp3) is 0.235. The van der Waals surface area contributed by atoms with Gasteiger partial charge in [0.25, 0.3) is 5.91 Å². The van der Waals surface area contributed by atoms with Gasteiger partial charge in [-0.2, -0.15) is 0 Å². The number of halogens is 2. The zero-order valence-corrected chi connectivity index (χ0v) is 13.0. The van der Waals surface area contributed by atoms with Crippen molar-refractivity contribution >= 4 is 11.6 Å². The molecule has 23 heavy (non-hydrogen) atoms. The molecule has 0 bridgehead atoms. The molecule has 0 radical (unpaired) electrons. The van der Waals surface area contributed by atoms with Gasteiger partial charge < -0.3 is 15.4 Å². The first-order valence-corrected chi connectivity index (χ1v) is 7.22. The molecule has 0 spiro atoms. The van der Waals surface area contributed by atoms with Crippen molar-refractivity contribution in [2.45, 2.75) is 13.0 Å². The predicted octanol–water partition coefficient (Wildman–Crippen LogP) is 2.24. The second-order valence-electron chi connectivity index (χ2n) is 5.15. The van der Waals surface area contributed by atoms with Crippen LogP contribution in [0.3, 0.4) is 0 Å². The normalized spacial score (nSPS) is 11.8. The number of nitrogens with one attached hydrogen (secondary N) is 1. The summed E-state index contributed by atoms with van der Waals surface area (Å²) in [6.07, 6.45) is 0. The molecule has 0 aliphatic carbocycles. The van der Waals surface area contributed by atoms with Gasteiger partial charge in [0.05, 0.1) is 12.8 Å². The molecular weight excluding hydrogens is 302 g/mol. The van der Waals surface area contributed by atoms with Gasteiger partial charge in [-0.1, -0.05) is 12.1 Å². The zero-order chi connectivity index (χ0) is 16.8. The first-order valence-electron chi connectivity index (χ1n) is 7.22. The number of benzene rings is 2. The summed E-state index contributed by atoms with van der Waals surface area (Å²) < 4.78 is 31.3. The lowest BCUT2D eigenvalue weighted by molar-refractivity contribution is -0.682. The number of hydrogen-bond acceptors (Lipinski definition) is 2. The summed E-state index contributed by atoms with van der Waals surface area (Å²) in [5, 5.41) is 4.51. The van der Waals surface area contributed by atoms with Crippen LogP contribution in [0.5, 0.6) is 5.75 Å². The fourth-order valence-corrected chi connectivity index (χ4v) is 2.16. The highest BCUT2D eigenvalue weighted by atomic mass is 19.2. The summed E-state index contributed by atoms with van der Waals surface area (Å²) >= 11 is 0. The molecule has 0 aliphatic rings. The van der Waals surface area contributed by atoms with Gasteiger partial charge in [0.15, 0.2) is 18.2 Å². The number of para-hydroxylation sites is 2. The van der Waals surface area contributed by atoms with Crippen LogP contribution in [0.25, 0.3) is 0 Å². The Balaban J connectivity index is 1.92. The van der Waals surface area contributed by atoms with Crippen molar-refractivity contribution < 1.29 is 23.6 Å². The lowest BCUT2D eigenvalue weighted by atomic mass is 10.1. The maximum atomic E-state index is 13.2. The minimum absolute atomic E-state index is 0.151. The molecule has 0 unspecified atom stereocenters. The number of rotatable bonds is 6. The molecular formula is C17H19F2N2O2+. The van der Waals surface area contributed by atoms with Gasteiger partial charge in [0, 0.05) is 5.56 Å². The van der Waals surface area contributed by atoms with Crippen molar-refractivity contribution in [3.8, 4) is 5.75 Å². The number of carbonyl (C=O) groups is 1. The van der Waals surface area contributed by atoms with E-state index in [9.17, 15) is 13.6 Å².